The van der Waals surface area contributed by atoms with Crippen LogP contribution in [0, 0.1) is 12.7 Å². The molecule has 0 saturated heterocycles. The lowest BCUT2D eigenvalue weighted by atomic mass is 10.0. The van der Waals surface area contributed by atoms with Crippen molar-refractivity contribution < 1.29 is 9.50 Å². The van der Waals surface area contributed by atoms with Crippen LogP contribution in [-0.2, 0) is 0 Å². The molecule has 4 heteroatoms. The molecule has 0 spiro atoms. The van der Waals surface area contributed by atoms with Crippen LogP contribution in [0.4, 0.5) is 10.1 Å². The first-order chi connectivity index (χ1) is 8.97. The lowest BCUT2D eigenvalue weighted by molar-refractivity contribution is 0.465. The SMILES string of the molecule is Cc1ccc(O)c(C(C)Nc2ccc(Cl)cc2F)c1. The van der Waals surface area contributed by atoms with Crippen LogP contribution in [-0.4, -0.2) is 5.11 Å². The topological polar surface area (TPSA) is 32.3 Å². The van der Waals surface area contributed by atoms with Gasteiger partial charge < -0.3 is 10.4 Å². The van der Waals surface area contributed by atoms with E-state index in [9.17, 15) is 9.50 Å². The first-order valence-electron chi connectivity index (χ1n) is 5.98. The Kier molecular flexibility index (Phi) is 3.96. The molecule has 1 atom stereocenters. The van der Waals surface area contributed by atoms with E-state index in [1.807, 2.05) is 26.0 Å². The molecule has 0 heterocycles. The number of hydrogen-bond acceptors (Lipinski definition) is 2. The normalized spacial score (nSPS) is 12.2. The Morgan fingerprint density at radius 3 is 2.63 bits per heavy atom. The van der Waals surface area contributed by atoms with Gasteiger partial charge in [0, 0.05) is 10.6 Å². The maximum atomic E-state index is 13.7. The zero-order chi connectivity index (χ0) is 14.0. The molecule has 2 N–H and O–H groups in total. The molecule has 0 aliphatic carbocycles. The zero-order valence-corrected chi connectivity index (χ0v) is 11.5. The summed E-state index contributed by atoms with van der Waals surface area (Å²) in [6.45, 7) is 3.81. The van der Waals surface area contributed by atoms with E-state index in [2.05, 4.69) is 5.32 Å². The average Bonchev–Trinajstić information content (AvgIpc) is 2.35. The summed E-state index contributed by atoms with van der Waals surface area (Å²) < 4.78 is 13.7. The van der Waals surface area contributed by atoms with E-state index in [-0.39, 0.29) is 11.8 Å². The largest absolute Gasteiger partial charge is 0.508 e. The number of hydrogen-bond donors (Lipinski definition) is 2. The number of rotatable bonds is 3. The minimum atomic E-state index is -0.411. The van der Waals surface area contributed by atoms with Crippen molar-refractivity contribution in [2.45, 2.75) is 19.9 Å². The van der Waals surface area contributed by atoms with Crippen LogP contribution in [0.3, 0.4) is 0 Å². The van der Waals surface area contributed by atoms with Crippen molar-refractivity contribution in [3.05, 3.63) is 58.4 Å². The maximum absolute atomic E-state index is 13.7. The van der Waals surface area contributed by atoms with E-state index >= 15 is 0 Å². The summed E-state index contributed by atoms with van der Waals surface area (Å²) in [4.78, 5) is 0. The Bertz CT molecular complexity index is 601. The van der Waals surface area contributed by atoms with Crippen LogP contribution in [0.5, 0.6) is 5.75 Å². The minimum absolute atomic E-state index is 0.194. The number of phenols is 1. The molecule has 2 aromatic rings. The van der Waals surface area contributed by atoms with Gasteiger partial charge in [0.1, 0.15) is 11.6 Å². The van der Waals surface area contributed by atoms with E-state index in [1.165, 1.54) is 6.07 Å². The van der Waals surface area contributed by atoms with E-state index in [1.54, 1.807) is 18.2 Å². The molecule has 0 saturated carbocycles. The third-order valence-corrected chi connectivity index (χ3v) is 3.19. The molecule has 0 aliphatic rings. The predicted octanol–water partition coefficient (Wildman–Crippen LogP) is 4.67. The maximum Gasteiger partial charge on any atom is 0.147 e. The molecule has 19 heavy (non-hydrogen) atoms. The number of nitrogens with one attached hydrogen (secondary N) is 1. The molecule has 2 rings (SSSR count). The average molecular weight is 280 g/mol. The summed E-state index contributed by atoms with van der Waals surface area (Å²) in [7, 11) is 0. The second-order valence-corrected chi connectivity index (χ2v) is 4.99. The summed E-state index contributed by atoms with van der Waals surface area (Å²) in [6.07, 6.45) is 0. The molecular weight excluding hydrogens is 265 g/mol. The van der Waals surface area contributed by atoms with Gasteiger partial charge in [-0.15, -0.1) is 0 Å². The molecule has 0 amide bonds. The van der Waals surface area contributed by atoms with E-state index in [0.29, 0.717) is 10.7 Å². The van der Waals surface area contributed by atoms with Crippen LogP contribution in [0.2, 0.25) is 5.02 Å². The molecule has 0 radical (unpaired) electrons. The van der Waals surface area contributed by atoms with Crippen molar-refractivity contribution in [1.82, 2.24) is 0 Å². The predicted molar refractivity (Wildman–Crippen MR) is 76.3 cm³/mol. The van der Waals surface area contributed by atoms with Gasteiger partial charge in [0.2, 0.25) is 0 Å². The summed E-state index contributed by atoms with van der Waals surface area (Å²) in [5.74, 6) is -0.216. The molecule has 100 valence electrons. The van der Waals surface area contributed by atoms with Crippen molar-refractivity contribution >= 4 is 17.3 Å². The molecule has 0 aromatic heterocycles. The number of aromatic hydroxyl groups is 1. The smallest absolute Gasteiger partial charge is 0.147 e. The van der Waals surface area contributed by atoms with Gasteiger partial charge in [0.05, 0.1) is 11.7 Å². The quantitative estimate of drug-likeness (QED) is 0.856. The number of aryl methyl sites for hydroxylation is 1. The van der Waals surface area contributed by atoms with Gasteiger partial charge in [-0.2, -0.15) is 0 Å². The highest BCUT2D eigenvalue weighted by molar-refractivity contribution is 6.30. The number of phenolic OH excluding ortho intramolecular Hbond substituents is 1. The van der Waals surface area contributed by atoms with E-state index < -0.39 is 5.82 Å². The van der Waals surface area contributed by atoms with Gasteiger partial charge in [-0.05, 0) is 38.1 Å². The Balaban J connectivity index is 2.25. The van der Waals surface area contributed by atoms with Gasteiger partial charge in [-0.1, -0.05) is 29.3 Å². The Labute approximate surface area is 116 Å². The number of anilines is 1. The lowest BCUT2D eigenvalue weighted by Gasteiger charge is -2.18. The fourth-order valence-electron chi connectivity index (χ4n) is 1.94. The summed E-state index contributed by atoms with van der Waals surface area (Å²) in [6, 6.07) is 9.59. The van der Waals surface area contributed by atoms with Crippen LogP contribution >= 0.6 is 11.6 Å². The van der Waals surface area contributed by atoms with Crippen LogP contribution in [0.1, 0.15) is 24.1 Å². The van der Waals surface area contributed by atoms with Crippen molar-refractivity contribution in [1.29, 1.82) is 0 Å². The fourth-order valence-corrected chi connectivity index (χ4v) is 2.10. The van der Waals surface area contributed by atoms with Crippen molar-refractivity contribution in [2.75, 3.05) is 5.32 Å². The second-order valence-electron chi connectivity index (χ2n) is 4.55. The standard InChI is InChI=1S/C15H15ClFNO/c1-9-3-6-15(19)12(7-9)10(2)18-14-5-4-11(16)8-13(14)17/h3-8,10,18-19H,1-2H3. The highest BCUT2D eigenvalue weighted by Gasteiger charge is 2.12. The van der Waals surface area contributed by atoms with Gasteiger partial charge in [0.25, 0.3) is 0 Å². The molecule has 0 aliphatic heterocycles. The first-order valence-corrected chi connectivity index (χ1v) is 6.36. The third-order valence-electron chi connectivity index (χ3n) is 2.95. The summed E-state index contributed by atoms with van der Waals surface area (Å²) in [5.41, 5.74) is 2.13. The molecule has 2 nitrogen and oxygen atoms in total. The van der Waals surface area contributed by atoms with E-state index in [4.69, 9.17) is 11.6 Å². The molecular formula is C15H15ClFNO. The second kappa shape index (κ2) is 5.49. The number of benzene rings is 2. The number of halogens is 2. The lowest BCUT2D eigenvalue weighted by Crippen LogP contribution is -2.08. The summed E-state index contributed by atoms with van der Waals surface area (Å²) >= 11 is 5.71. The third kappa shape index (κ3) is 3.18. The van der Waals surface area contributed by atoms with Gasteiger partial charge >= 0.3 is 0 Å². The summed E-state index contributed by atoms with van der Waals surface area (Å²) in [5, 5.41) is 13.2. The monoisotopic (exact) mass is 279 g/mol. The molecule has 1 unspecified atom stereocenters. The fraction of sp³-hybridized carbons (Fsp3) is 0.200. The molecule has 0 bridgehead atoms. The van der Waals surface area contributed by atoms with E-state index in [0.717, 1.165) is 11.1 Å². The van der Waals surface area contributed by atoms with Crippen LogP contribution in [0.25, 0.3) is 0 Å². The molecule has 2 aromatic carbocycles. The zero-order valence-electron chi connectivity index (χ0n) is 10.7. The Morgan fingerprint density at radius 2 is 1.95 bits per heavy atom. The Hall–Kier alpha value is -1.74. The van der Waals surface area contributed by atoms with Crippen LogP contribution in [0.15, 0.2) is 36.4 Å². The van der Waals surface area contributed by atoms with Gasteiger partial charge in [-0.25, -0.2) is 4.39 Å². The minimum Gasteiger partial charge on any atom is -0.508 e. The van der Waals surface area contributed by atoms with Crippen molar-refractivity contribution in [2.24, 2.45) is 0 Å². The molecule has 0 fully saturated rings. The van der Waals surface area contributed by atoms with Crippen molar-refractivity contribution in [3.63, 3.8) is 0 Å². The van der Waals surface area contributed by atoms with Gasteiger partial charge in [0.15, 0.2) is 0 Å². The first kappa shape index (κ1) is 13.7. The van der Waals surface area contributed by atoms with Crippen molar-refractivity contribution in [3.8, 4) is 5.75 Å². The highest BCUT2D eigenvalue weighted by atomic mass is 35.5. The van der Waals surface area contributed by atoms with Crippen LogP contribution < -0.4 is 5.32 Å². The highest BCUT2D eigenvalue weighted by Crippen LogP contribution is 2.29. The van der Waals surface area contributed by atoms with Gasteiger partial charge in [-0.3, -0.25) is 0 Å². The Morgan fingerprint density at radius 1 is 1.21 bits per heavy atom.